The lowest BCUT2D eigenvalue weighted by atomic mass is 9.73. The fourth-order valence-corrected chi connectivity index (χ4v) is 4.74. The lowest BCUT2D eigenvalue weighted by Crippen LogP contribution is -2.32. The topological polar surface area (TPSA) is 29.9 Å². The summed E-state index contributed by atoms with van der Waals surface area (Å²) in [5.41, 5.74) is 6.07. The van der Waals surface area contributed by atoms with Gasteiger partial charge in [0.25, 0.3) is 0 Å². The second kappa shape index (κ2) is 7.12. The molecule has 29 heavy (non-hydrogen) atoms. The molecular formula is C25H24FN3. The molecule has 1 atom stereocenters. The van der Waals surface area contributed by atoms with Gasteiger partial charge in [0.15, 0.2) is 0 Å². The van der Waals surface area contributed by atoms with Crippen LogP contribution in [0, 0.1) is 12.7 Å². The molecule has 3 nitrogen and oxygen atoms in total. The molecule has 5 rings (SSSR count). The zero-order valence-electron chi connectivity index (χ0n) is 16.5. The van der Waals surface area contributed by atoms with Crippen LogP contribution in [0.2, 0.25) is 0 Å². The van der Waals surface area contributed by atoms with Crippen molar-refractivity contribution < 1.29 is 4.39 Å². The van der Waals surface area contributed by atoms with Gasteiger partial charge in [0, 0.05) is 17.3 Å². The highest BCUT2D eigenvalue weighted by atomic mass is 19.1. The molecule has 1 aromatic heterocycles. The SMILES string of the molecule is Cc1cc2c(cnn2-c2ccc(F)cc2)cc1C1(Cc2ccccc2)CCNC1. The molecule has 0 aliphatic carbocycles. The van der Waals surface area contributed by atoms with Gasteiger partial charge in [-0.1, -0.05) is 30.3 Å². The summed E-state index contributed by atoms with van der Waals surface area (Å²) in [4.78, 5) is 0. The number of rotatable bonds is 4. The van der Waals surface area contributed by atoms with Crippen molar-refractivity contribution in [3.63, 3.8) is 0 Å². The Balaban J connectivity index is 1.59. The summed E-state index contributed by atoms with van der Waals surface area (Å²) in [6, 6.07) is 21.8. The Morgan fingerprint density at radius 1 is 1.07 bits per heavy atom. The number of hydrogen-bond donors (Lipinski definition) is 1. The van der Waals surface area contributed by atoms with Gasteiger partial charge in [0.2, 0.25) is 0 Å². The van der Waals surface area contributed by atoms with Crippen LogP contribution in [0.1, 0.15) is 23.1 Å². The van der Waals surface area contributed by atoms with Crippen molar-refractivity contribution in [1.29, 1.82) is 0 Å². The fourth-order valence-electron chi connectivity index (χ4n) is 4.74. The molecular weight excluding hydrogens is 361 g/mol. The number of aromatic nitrogens is 2. The first kappa shape index (κ1) is 18.1. The summed E-state index contributed by atoms with van der Waals surface area (Å²) in [6.07, 6.45) is 4.07. The van der Waals surface area contributed by atoms with Gasteiger partial charge in [-0.15, -0.1) is 0 Å². The van der Waals surface area contributed by atoms with E-state index in [4.69, 9.17) is 0 Å². The maximum atomic E-state index is 13.3. The van der Waals surface area contributed by atoms with E-state index in [2.05, 4.69) is 59.8 Å². The average Bonchev–Trinajstić information content (AvgIpc) is 3.36. The van der Waals surface area contributed by atoms with E-state index in [0.29, 0.717) is 0 Å². The first-order valence-electron chi connectivity index (χ1n) is 10.1. The molecule has 0 radical (unpaired) electrons. The standard InChI is InChI=1S/C25H24FN3/c1-18-13-24-20(16-28-29(24)22-9-7-21(26)8-10-22)14-23(18)25(11-12-27-17-25)15-19-5-3-2-4-6-19/h2-10,13-14,16,27H,11-12,15,17H2,1H3. The molecule has 1 saturated heterocycles. The van der Waals surface area contributed by atoms with Crippen LogP contribution in [0.5, 0.6) is 0 Å². The summed E-state index contributed by atoms with van der Waals surface area (Å²) in [7, 11) is 0. The number of fused-ring (bicyclic) bond motifs is 1. The molecule has 4 heteroatoms. The van der Waals surface area contributed by atoms with E-state index in [0.717, 1.165) is 42.5 Å². The van der Waals surface area contributed by atoms with Gasteiger partial charge in [0.1, 0.15) is 5.82 Å². The van der Waals surface area contributed by atoms with Gasteiger partial charge < -0.3 is 5.32 Å². The van der Waals surface area contributed by atoms with Crippen LogP contribution in [0.15, 0.2) is 72.9 Å². The van der Waals surface area contributed by atoms with Gasteiger partial charge in [-0.3, -0.25) is 0 Å². The van der Waals surface area contributed by atoms with Crippen LogP contribution in [-0.4, -0.2) is 22.9 Å². The molecule has 2 heterocycles. The van der Waals surface area contributed by atoms with Crippen LogP contribution < -0.4 is 5.32 Å². The Morgan fingerprint density at radius 3 is 2.59 bits per heavy atom. The smallest absolute Gasteiger partial charge is 0.123 e. The predicted molar refractivity (Wildman–Crippen MR) is 115 cm³/mol. The van der Waals surface area contributed by atoms with E-state index in [1.807, 2.05) is 10.9 Å². The van der Waals surface area contributed by atoms with Crippen molar-refractivity contribution in [2.75, 3.05) is 13.1 Å². The molecule has 1 aliphatic heterocycles. The number of aryl methyl sites for hydroxylation is 1. The number of halogens is 1. The van der Waals surface area contributed by atoms with Gasteiger partial charge in [0.05, 0.1) is 17.4 Å². The number of nitrogens with zero attached hydrogens (tertiary/aromatic N) is 2. The van der Waals surface area contributed by atoms with Gasteiger partial charge >= 0.3 is 0 Å². The molecule has 0 amide bonds. The lowest BCUT2D eigenvalue weighted by Gasteiger charge is -2.31. The summed E-state index contributed by atoms with van der Waals surface area (Å²) >= 11 is 0. The zero-order valence-corrected chi connectivity index (χ0v) is 16.5. The maximum Gasteiger partial charge on any atom is 0.123 e. The van der Waals surface area contributed by atoms with E-state index < -0.39 is 0 Å². The van der Waals surface area contributed by atoms with E-state index in [1.54, 1.807) is 12.1 Å². The van der Waals surface area contributed by atoms with Gasteiger partial charge in [-0.2, -0.15) is 5.10 Å². The predicted octanol–water partition coefficient (Wildman–Crippen LogP) is 4.95. The van der Waals surface area contributed by atoms with Crippen molar-refractivity contribution in [3.05, 3.63) is 95.4 Å². The lowest BCUT2D eigenvalue weighted by molar-refractivity contribution is 0.465. The molecule has 0 saturated carbocycles. The Morgan fingerprint density at radius 2 is 1.86 bits per heavy atom. The van der Waals surface area contributed by atoms with E-state index in [9.17, 15) is 4.39 Å². The third-order valence-corrected chi connectivity index (χ3v) is 6.19. The molecule has 3 aromatic carbocycles. The molecule has 146 valence electrons. The zero-order chi connectivity index (χ0) is 19.8. The van der Waals surface area contributed by atoms with Crippen molar-refractivity contribution >= 4 is 10.9 Å². The molecule has 1 N–H and O–H groups in total. The van der Waals surface area contributed by atoms with E-state index >= 15 is 0 Å². The molecule has 0 spiro atoms. The fraction of sp³-hybridized carbons (Fsp3) is 0.240. The van der Waals surface area contributed by atoms with E-state index in [-0.39, 0.29) is 11.2 Å². The molecule has 1 fully saturated rings. The Hall–Kier alpha value is -2.98. The third-order valence-electron chi connectivity index (χ3n) is 6.19. The van der Waals surface area contributed by atoms with Crippen molar-refractivity contribution in [1.82, 2.24) is 15.1 Å². The Bertz CT molecular complexity index is 1140. The highest BCUT2D eigenvalue weighted by molar-refractivity contribution is 5.82. The van der Waals surface area contributed by atoms with Gasteiger partial charge in [-0.25, -0.2) is 9.07 Å². The summed E-state index contributed by atoms with van der Waals surface area (Å²) in [6.45, 7) is 4.22. The second-order valence-electron chi connectivity index (χ2n) is 8.13. The monoisotopic (exact) mass is 385 g/mol. The minimum atomic E-state index is -0.236. The number of hydrogen-bond acceptors (Lipinski definition) is 2. The van der Waals surface area contributed by atoms with Crippen LogP contribution in [0.3, 0.4) is 0 Å². The number of benzene rings is 3. The summed E-state index contributed by atoms with van der Waals surface area (Å²) in [5.74, 6) is -0.236. The molecule has 0 bridgehead atoms. The Labute approximate surface area is 170 Å². The first-order chi connectivity index (χ1) is 14.1. The quantitative estimate of drug-likeness (QED) is 0.539. The molecule has 1 unspecified atom stereocenters. The van der Waals surface area contributed by atoms with Crippen molar-refractivity contribution in [2.24, 2.45) is 0 Å². The normalized spacial score (nSPS) is 19.1. The molecule has 4 aromatic rings. The minimum absolute atomic E-state index is 0.0948. The maximum absolute atomic E-state index is 13.3. The van der Waals surface area contributed by atoms with Crippen LogP contribution >= 0.6 is 0 Å². The van der Waals surface area contributed by atoms with Crippen molar-refractivity contribution in [2.45, 2.75) is 25.2 Å². The Kier molecular flexibility index (Phi) is 4.44. The first-order valence-corrected chi connectivity index (χ1v) is 10.1. The van der Waals surface area contributed by atoms with Crippen molar-refractivity contribution in [3.8, 4) is 5.69 Å². The van der Waals surface area contributed by atoms with Gasteiger partial charge in [-0.05, 0) is 79.4 Å². The minimum Gasteiger partial charge on any atom is -0.316 e. The van der Waals surface area contributed by atoms with E-state index in [1.165, 1.54) is 28.8 Å². The highest BCUT2D eigenvalue weighted by Gasteiger charge is 2.37. The molecule has 1 aliphatic rings. The second-order valence-corrected chi connectivity index (χ2v) is 8.13. The highest BCUT2D eigenvalue weighted by Crippen LogP contribution is 2.38. The van der Waals surface area contributed by atoms with Crippen LogP contribution in [-0.2, 0) is 11.8 Å². The third kappa shape index (κ3) is 3.23. The largest absolute Gasteiger partial charge is 0.316 e. The average molecular weight is 385 g/mol. The van der Waals surface area contributed by atoms with Crippen LogP contribution in [0.4, 0.5) is 4.39 Å². The summed E-state index contributed by atoms with van der Waals surface area (Å²) < 4.78 is 15.2. The van der Waals surface area contributed by atoms with Crippen LogP contribution in [0.25, 0.3) is 16.6 Å². The number of nitrogens with one attached hydrogen (secondary N) is 1. The summed E-state index contributed by atoms with van der Waals surface area (Å²) in [5, 5.41) is 9.30.